The molecule has 28 heavy (non-hydrogen) atoms. The third kappa shape index (κ3) is 6.65. The van der Waals surface area contributed by atoms with Gasteiger partial charge in [-0.3, -0.25) is 4.90 Å². The lowest BCUT2D eigenvalue weighted by Gasteiger charge is -2.34. The summed E-state index contributed by atoms with van der Waals surface area (Å²) < 4.78 is 5.53. The lowest BCUT2D eigenvalue weighted by Crippen LogP contribution is -2.46. The molecule has 6 nitrogen and oxygen atoms in total. The SMILES string of the molecule is CCNC(=NCc1nc(C)c(C)s1)NCC(c1cccs1)N1CCOCC1.I. The Kier molecular flexibility index (Phi) is 10.1. The molecule has 1 aliphatic heterocycles. The number of thiazole rings is 1. The van der Waals surface area contributed by atoms with Crippen molar-refractivity contribution in [1.82, 2.24) is 20.5 Å². The van der Waals surface area contributed by atoms with Gasteiger partial charge in [0.1, 0.15) is 5.01 Å². The minimum absolute atomic E-state index is 0. The number of morpholine rings is 1. The number of aryl methyl sites for hydroxylation is 2. The monoisotopic (exact) mass is 535 g/mol. The van der Waals surface area contributed by atoms with E-state index in [0.717, 1.165) is 56.1 Å². The number of rotatable bonds is 7. The first-order valence-electron chi connectivity index (χ1n) is 9.47. The highest BCUT2D eigenvalue weighted by Gasteiger charge is 2.23. The average molecular weight is 536 g/mol. The summed E-state index contributed by atoms with van der Waals surface area (Å²) in [6, 6.07) is 4.68. The maximum absolute atomic E-state index is 5.53. The molecule has 2 aromatic rings. The van der Waals surface area contributed by atoms with E-state index in [1.807, 2.05) is 11.3 Å². The molecule has 1 unspecified atom stereocenters. The van der Waals surface area contributed by atoms with Crippen molar-refractivity contribution in [3.63, 3.8) is 0 Å². The van der Waals surface area contributed by atoms with Gasteiger partial charge in [-0.25, -0.2) is 9.98 Å². The first kappa shape index (κ1) is 23.5. The first-order valence-corrected chi connectivity index (χ1v) is 11.2. The lowest BCUT2D eigenvalue weighted by atomic mass is 10.2. The molecule has 0 spiro atoms. The van der Waals surface area contributed by atoms with Gasteiger partial charge in [0.2, 0.25) is 0 Å². The number of aromatic nitrogens is 1. The zero-order valence-corrected chi connectivity index (χ0v) is 20.7. The second kappa shape index (κ2) is 12.1. The Morgan fingerprint density at radius 2 is 2.11 bits per heavy atom. The fourth-order valence-corrected chi connectivity index (χ4v) is 4.79. The van der Waals surface area contributed by atoms with Crippen molar-refractivity contribution in [2.45, 2.75) is 33.4 Å². The van der Waals surface area contributed by atoms with Gasteiger partial charge in [-0.05, 0) is 32.2 Å². The van der Waals surface area contributed by atoms with Crippen LogP contribution in [0.15, 0.2) is 22.5 Å². The molecule has 9 heteroatoms. The molecule has 0 saturated carbocycles. The Hall–Kier alpha value is -0.750. The smallest absolute Gasteiger partial charge is 0.191 e. The van der Waals surface area contributed by atoms with Gasteiger partial charge in [-0.15, -0.1) is 46.7 Å². The quantitative estimate of drug-likeness (QED) is 0.323. The Morgan fingerprint density at radius 3 is 2.71 bits per heavy atom. The molecule has 2 N–H and O–H groups in total. The molecule has 1 aliphatic rings. The molecule has 2 aromatic heterocycles. The summed E-state index contributed by atoms with van der Waals surface area (Å²) in [5.41, 5.74) is 1.10. The van der Waals surface area contributed by atoms with E-state index in [1.165, 1.54) is 9.75 Å². The Bertz CT molecular complexity index is 709. The van der Waals surface area contributed by atoms with Crippen LogP contribution in [-0.4, -0.2) is 55.2 Å². The van der Waals surface area contributed by atoms with Crippen LogP contribution in [0.2, 0.25) is 0 Å². The zero-order valence-electron chi connectivity index (χ0n) is 16.7. The molecule has 1 fully saturated rings. The van der Waals surface area contributed by atoms with Crippen molar-refractivity contribution in [2.75, 3.05) is 39.4 Å². The van der Waals surface area contributed by atoms with Gasteiger partial charge in [0.25, 0.3) is 0 Å². The highest BCUT2D eigenvalue weighted by Crippen LogP contribution is 2.25. The van der Waals surface area contributed by atoms with Crippen molar-refractivity contribution in [3.8, 4) is 0 Å². The van der Waals surface area contributed by atoms with E-state index in [-0.39, 0.29) is 24.0 Å². The van der Waals surface area contributed by atoms with E-state index in [1.54, 1.807) is 11.3 Å². The van der Waals surface area contributed by atoms with Crippen LogP contribution in [-0.2, 0) is 11.3 Å². The first-order chi connectivity index (χ1) is 13.2. The number of thiophene rings is 1. The predicted octanol–water partition coefficient (Wildman–Crippen LogP) is 3.57. The third-order valence-corrected chi connectivity index (χ3v) is 6.64. The van der Waals surface area contributed by atoms with Gasteiger partial charge < -0.3 is 15.4 Å². The second-order valence-electron chi connectivity index (χ2n) is 6.50. The van der Waals surface area contributed by atoms with Crippen LogP contribution in [0.4, 0.5) is 0 Å². The Balaban J connectivity index is 0.00000280. The van der Waals surface area contributed by atoms with E-state index < -0.39 is 0 Å². The fourth-order valence-electron chi connectivity index (χ4n) is 3.07. The van der Waals surface area contributed by atoms with E-state index in [2.05, 4.69) is 58.8 Å². The lowest BCUT2D eigenvalue weighted by molar-refractivity contribution is 0.0177. The van der Waals surface area contributed by atoms with E-state index in [0.29, 0.717) is 12.6 Å². The number of hydrogen-bond acceptors (Lipinski definition) is 6. The second-order valence-corrected chi connectivity index (χ2v) is 8.77. The molecular formula is C19H30IN5OS2. The Labute approximate surface area is 192 Å². The number of hydrogen-bond donors (Lipinski definition) is 2. The predicted molar refractivity (Wildman–Crippen MR) is 129 cm³/mol. The molecule has 0 amide bonds. The summed E-state index contributed by atoms with van der Waals surface area (Å²) in [6.07, 6.45) is 0. The maximum atomic E-state index is 5.53. The highest BCUT2D eigenvalue weighted by atomic mass is 127. The zero-order chi connectivity index (χ0) is 19.1. The number of guanidine groups is 1. The molecular weight excluding hydrogens is 505 g/mol. The summed E-state index contributed by atoms with van der Waals surface area (Å²) >= 11 is 3.54. The molecule has 0 radical (unpaired) electrons. The van der Waals surface area contributed by atoms with E-state index >= 15 is 0 Å². The Morgan fingerprint density at radius 1 is 1.32 bits per heavy atom. The van der Waals surface area contributed by atoms with Gasteiger partial charge in [-0.2, -0.15) is 0 Å². The maximum Gasteiger partial charge on any atom is 0.191 e. The van der Waals surface area contributed by atoms with Gasteiger partial charge in [0.05, 0.1) is 31.5 Å². The van der Waals surface area contributed by atoms with Crippen LogP contribution in [0.3, 0.4) is 0 Å². The topological polar surface area (TPSA) is 61.8 Å². The average Bonchev–Trinajstić information content (AvgIpc) is 3.31. The van der Waals surface area contributed by atoms with E-state index in [4.69, 9.17) is 9.73 Å². The van der Waals surface area contributed by atoms with Gasteiger partial charge >= 0.3 is 0 Å². The van der Waals surface area contributed by atoms with Crippen molar-refractivity contribution >= 4 is 52.6 Å². The molecule has 3 rings (SSSR count). The van der Waals surface area contributed by atoms with Crippen molar-refractivity contribution < 1.29 is 4.74 Å². The standard InChI is InChI=1S/C19H29N5OS2.HI/c1-4-20-19(22-13-18-23-14(2)15(3)27-18)21-12-16(17-6-5-11-26-17)24-7-9-25-10-8-24;/h5-6,11,16H,4,7-10,12-13H2,1-3H3,(H2,20,21,22);1H. The van der Waals surface area contributed by atoms with Crippen molar-refractivity contribution in [1.29, 1.82) is 0 Å². The molecule has 0 aliphatic carbocycles. The molecule has 0 bridgehead atoms. The third-order valence-electron chi connectivity index (χ3n) is 4.61. The normalized spacial score (nSPS) is 16.5. The van der Waals surface area contributed by atoms with Crippen molar-refractivity contribution in [2.24, 2.45) is 4.99 Å². The summed E-state index contributed by atoms with van der Waals surface area (Å²) in [5.74, 6) is 0.845. The largest absolute Gasteiger partial charge is 0.379 e. The molecule has 1 saturated heterocycles. The minimum atomic E-state index is 0. The number of halogens is 1. The fraction of sp³-hybridized carbons (Fsp3) is 0.579. The van der Waals surface area contributed by atoms with Crippen LogP contribution in [0.1, 0.15) is 33.4 Å². The van der Waals surface area contributed by atoms with Crippen molar-refractivity contribution in [3.05, 3.63) is 38.0 Å². The summed E-state index contributed by atoms with van der Waals surface area (Å²) in [4.78, 5) is 14.5. The molecule has 3 heterocycles. The number of ether oxygens (including phenoxy) is 1. The molecule has 0 aromatic carbocycles. The van der Waals surface area contributed by atoms with Crippen LogP contribution in [0.25, 0.3) is 0 Å². The summed E-state index contributed by atoms with van der Waals surface area (Å²) in [7, 11) is 0. The number of nitrogens with one attached hydrogen (secondary N) is 2. The van der Waals surface area contributed by atoms with Gasteiger partial charge in [0.15, 0.2) is 5.96 Å². The van der Waals surface area contributed by atoms with E-state index in [9.17, 15) is 0 Å². The number of nitrogens with zero attached hydrogens (tertiary/aromatic N) is 3. The van der Waals surface area contributed by atoms with Crippen LogP contribution in [0, 0.1) is 13.8 Å². The van der Waals surface area contributed by atoms with Gasteiger partial charge in [0, 0.05) is 35.9 Å². The summed E-state index contributed by atoms with van der Waals surface area (Å²) in [5, 5.41) is 10.1. The van der Waals surface area contributed by atoms with Crippen LogP contribution in [0.5, 0.6) is 0 Å². The van der Waals surface area contributed by atoms with Gasteiger partial charge in [-0.1, -0.05) is 6.07 Å². The number of aliphatic imine (C=N–C) groups is 1. The highest BCUT2D eigenvalue weighted by molar-refractivity contribution is 14.0. The molecule has 1 atom stereocenters. The summed E-state index contributed by atoms with van der Waals surface area (Å²) in [6.45, 7) is 12.1. The van der Waals surface area contributed by atoms with Crippen LogP contribution >= 0.6 is 46.7 Å². The van der Waals surface area contributed by atoms with Crippen LogP contribution < -0.4 is 10.6 Å². The molecule has 156 valence electrons. The minimum Gasteiger partial charge on any atom is -0.379 e.